The van der Waals surface area contributed by atoms with Crippen molar-refractivity contribution >= 4 is 33.2 Å². The Morgan fingerprint density at radius 2 is 1.71 bits per heavy atom. The Labute approximate surface area is 167 Å². The summed E-state index contributed by atoms with van der Waals surface area (Å²) in [6, 6.07) is 4.69. The number of hydrogen-bond donors (Lipinski definition) is 0. The molecule has 150 valence electrons. The first kappa shape index (κ1) is 21.0. The van der Waals surface area contributed by atoms with Crippen LogP contribution in [0.2, 0.25) is 5.15 Å². The van der Waals surface area contributed by atoms with Crippen molar-refractivity contribution in [2.75, 3.05) is 6.54 Å². The first-order valence-corrected chi connectivity index (χ1v) is 8.81. The van der Waals surface area contributed by atoms with Crippen LogP contribution in [0.3, 0.4) is 0 Å². The normalized spacial score (nSPS) is 20.4. The van der Waals surface area contributed by atoms with E-state index in [1.807, 2.05) is 0 Å². The largest absolute Gasteiger partial charge is 0.433 e. The van der Waals surface area contributed by atoms with E-state index < -0.39 is 53.0 Å². The van der Waals surface area contributed by atoms with Gasteiger partial charge in [-0.2, -0.15) is 26.3 Å². The Morgan fingerprint density at radius 1 is 1.04 bits per heavy atom. The van der Waals surface area contributed by atoms with Gasteiger partial charge in [0.25, 0.3) is 0 Å². The van der Waals surface area contributed by atoms with E-state index >= 15 is 0 Å². The molecule has 2 heterocycles. The molecule has 0 amide bonds. The second kappa shape index (κ2) is 6.98. The maximum absolute atomic E-state index is 14.0. The molecule has 28 heavy (non-hydrogen) atoms. The van der Waals surface area contributed by atoms with E-state index in [1.54, 1.807) is 0 Å². The van der Waals surface area contributed by atoms with Crippen LogP contribution < -0.4 is 0 Å². The molecular formula is C17H9BrClF7N2. The van der Waals surface area contributed by atoms with Gasteiger partial charge < -0.3 is 0 Å². The molecule has 1 atom stereocenters. The number of alkyl halides is 6. The quantitative estimate of drug-likeness (QED) is 0.357. The predicted molar refractivity (Wildman–Crippen MR) is 92.1 cm³/mol. The highest BCUT2D eigenvalue weighted by atomic mass is 79.9. The summed E-state index contributed by atoms with van der Waals surface area (Å²) >= 11 is 8.52. The van der Waals surface area contributed by atoms with E-state index in [0.29, 0.717) is 6.07 Å². The van der Waals surface area contributed by atoms with Crippen molar-refractivity contribution in [2.45, 2.75) is 24.2 Å². The lowest BCUT2D eigenvalue weighted by Crippen LogP contribution is -2.44. The van der Waals surface area contributed by atoms with Crippen molar-refractivity contribution in [3.8, 4) is 0 Å². The zero-order chi connectivity index (χ0) is 20.9. The number of pyridine rings is 1. The van der Waals surface area contributed by atoms with Crippen LogP contribution in [-0.4, -0.2) is 23.4 Å². The van der Waals surface area contributed by atoms with Crippen LogP contribution >= 0.6 is 27.5 Å². The third-order valence-corrected chi connectivity index (χ3v) is 5.24. The van der Waals surface area contributed by atoms with Crippen molar-refractivity contribution < 1.29 is 30.7 Å². The summed E-state index contributed by atoms with van der Waals surface area (Å²) in [5.41, 5.74) is -4.66. The van der Waals surface area contributed by atoms with Gasteiger partial charge in [0.2, 0.25) is 0 Å². The van der Waals surface area contributed by atoms with Crippen LogP contribution in [0.15, 0.2) is 39.8 Å². The number of hydrogen-bond acceptors (Lipinski definition) is 2. The first-order valence-electron chi connectivity index (χ1n) is 7.64. The van der Waals surface area contributed by atoms with Crippen molar-refractivity contribution in [1.82, 2.24) is 4.98 Å². The Morgan fingerprint density at radius 3 is 2.29 bits per heavy atom. The Balaban J connectivity index is 2.08. The average Bonchev–Trinajstić information content (AvgIpc) is 3.02. The van der Waals surface area contributed by atoms with Gasteiger partial charge in [0.1, 0.15) is 22.1 Å². The van der Waals surface area contributed by atoms with E-state index in [2.05, 4.69) is 25.9 Å². The standard InChI is InChI=1S/C17H9BrClF7N2/c18-10-3-8(1-2-11(10)20)12-6-15(7-27-12,17(24,25)26)9-4-13(16(21,22)23)28-14(19)5-9/h1-5H,6-7H2. The SMILES string of the molecule is Fc1ccc(C2=NCC(c3cc(Cl)nc(C(F)(F)F)c3)(C(F)(F)F)C2)cc1Br. The Kier molecular flexibility index (Phi) is 5.24. The van der Waals surface area contributed by atoms with Crippen molar-refractivity contribution in [1.29, 1.82) is 0 Å². The van der Waals surface area contributed by atoms with Crippen molar-refractivity contribution in [2.24, 2.45) is 4.99 Å². The molecule has 0 radical (unpaired) electrons. The molecule has 1 aliphatic heterocycles. The van der Waals surface area contributed by atoms with Gasteiger partial charge in [0, 0.05) is 12.1 Å². The second-order valence-corrected chi connectivity index (χ2v) is 7.45. The van der Waals surface area contributed by atoms with Crippen LogP contribution in [0.1, 0.15) is 23.2 Å². The van der Waals surface area contributed by atoms with Crippen LogP contribution in [0, 0.1) is 5.82 Å². The maximum Gasteiger partial charge on any atom is 0.433 e. The van der Waals surface area contributed by atoms with Gasteiger partial charge in [-0.25, -0.2) is 9.37 Å². The van der Waals surface area contributed by atoms with Crippen molar-refractivity contribution in [3.63, 3.8) is 0 Å². The fourth-order valence-corrected chi connectivity index (χ4v) is 3.55. The Hall–Kier alpha value is -1.68. The zero-order valence-corrected chi connectivity index (χ0v) is 15.9. The smallest absolute Gasteiger partial charge is 0.288 e. The first-order chi connectivity index (χ1) is 12.8. The summed E-state index contributed by atoms with van der Waals surface area (Å²) in [4.78, 5) is 6.98. The summed E-state index contributed by atoms with van der Waals surface area (Å²) in [6.45, 7) is -0.821. The molecule has 11 heteroatoms. The molecule has 2 nitrogen and oxygen atoms in total. The van der Waals surface area contributed by atoms with E-state index in [1.165, 1.54) is 12.1 Å². The fourth-order valence-electron chi connectivity index (χ4n) is 2.96. The molecule has 0 N–H and O–H groups in total. The highest BCUT2D eigenvalue weighted by Crippen LogP contribution is 2.49. The molecule has 3 rings (SSSR count). The molecule has 0 fully saturated rings. The number of benzene rings is 1. The summed E-state index contributed by atoms with van der Waals surface area (Å²) in [7, 11) is 0. The molecule has 0 aliphatic carbocycles. The topological polar surface area (TPSA) is 25.2 Å². The summed E-state index contributed by atoms with van der Waals surface area (Å²) in [6.07, 6.45) is -10.6. The lowest BCUT2D eigenvalue weighted by atomic mass is 9.76. The fraction of sp³-hybridized carbons (Fsp3) is 0.294. The monoisotopic (exact) mass is 488 g/mol. The molecule has 1 aromatic carbocycles. The number of rotatable bonds is 2. The van der Waals surface area contributed by atoms with Crippen LogP contribution in [0.25, 0.3) is 0 Å². The van der Waals surface area contributed by atoms with Gasteiger partial charge >= 0.3 is 12.4 Å². The van der Waals surface area contributed by atoms with Gasteiger partial charge in [-0.15, -0.1) is 0 Å². The zero-order valence-electron chi connectivity index (χ0n) is 13.6. The summed E-state index contributed by atoms with van der Waals surface area (Å²) in [5, 5.41) is -0.702. The van der Waals surface area contributed by atoms with Crippen molar-refractivity contribution in [3.05, 3.63) is 62.6 Å². The van der Waals surface area contributed by atoms with Gasteiger partial charge in [-0.1, -0.05) is 17.7 Å². The minimum atomic E-state index is -4.96. The van der Waals surface area contributed by atoms with Gasteiger partial charge in [0.05, 0.1) is 11.0 Å². The van der Waals surface area contributed by atoms with E-state index in [9.17, 15) is 30.7 Å². The number of aliphatic imine (C=N–C) groups is 1. The molecule has 0 saturated carbocycles. The van der Waals surface area contributed by atoms with Crippen LogP contribution in [0.4, 0.5) is 30.7 Å². The van der Waals surface area contributed by atoms with E-state index in [0.717, 1.165) is 12.1 Å². The molecule has 0 bridgehead atoms. The summed E-state index contributed by atoms with van der Waals surface area (Å²) in [5.74, 6) is -0.611. The predicted octanol–water partition coefficient (Wildman–Crippen LogP) is 6.35. The minimum Gasteiger partial charge on any atom is -0.288 e. The van der Waals surface area contributed by atoms with E-state index in [4.69, 9.17) is 11.6 Å². The second-order valence-electron chi connectivity index (χ2n) is 6.21. The van der Waals surface area contributed by atoms with Gasteiger partial charge in [-0.05, 0) is 51.3 Å². The highest BCUT2D eigenvalue weighted by molar-refractivity contribution is 9.10. The third-order valence-electron chi connectivity index (χ3n) is 4.44. The number of aromatic nitrogens is 1. The molecule has 0 spiro atoms. The highest BCUT2D eigenvalue weighted by Gasteiger charge is 2.59. The van der Waals surface area contributed by atoms with Crippen LogP contribution in [0.5, 0.6) is 0 Å². The maximum atomic E-state index is 14.0. The summed E-state index contributed by atoms with van der Waals surface area (Å²) < 4.78 is 94.5. The molecule has 2 aromatic rings. The molecular weight excluding hydrogens is 481 g/mol. The molecule has 1 unspecified atom stereocenters. The van der Waals surface area contributed by atoms with Crippen LogP contribution in [-0.2, 0) is 11.6 Å². The minimum absolute atomic E-state index is 0.000446. The average molecular weight is 490 g/mol. The van der Waals surface area contributed by atoms with Gasteiger partial charge in [0.15, 0.2) is 0 Å². The molecule has 1 aromatic heterocycles. The van der Waals surface area contributed by atoms with Gasteiger partial charge in [-0.3, -0.25) is 4.99 Å². The lowest BCUT2D eigenvalue weighted by molar-refractivity contribution is -0.184. The lowest BCUT2D eigenvalue weighted by Gasteiger charge is -2.32. The molecule has 0 saturated heterocycles. The third kappa shape index (κ3) is 3.76. The molecule has 1 aliphatic rings. The van der Waals surface area contributed by atoms with E-state index in [-0.39, 0.29) is 15.7 Å². The number of nitrogens with zero attached hydrogens (tertiary/aromatic N) is 2. The Bertz CT molecular complexity index is 955. The number of halogens is 9.